The fraction of sp³-hybridized carbons (Fsp3) is 0.348. The molecule has 0 saturated carbocycles. The molecule has 0 radical (unpaired) electrons. The van der Waals surface area contributed by atoms with Gasteiger partial charge in [0.2, 0.25) is 11.8 Å². The van der Waals surface area contributed by atoms with Crippen LogP contribution in [0.15, 0.2) is 36.4 Å². The van der Waals surface area contributed by atoms with Gasteiger partial charge in [-0.15, -0.1) is 0 Å². The molecule has 32 heavy (non-hydrogen) atoms. The lowest BCUT2D eigenvalue weighted by atomic mass is 10.1. The molecule has 1 aliphatic rings. The lowest BCUT2D eigenvalue weighted by molar-refractivity contribution is -0.138. The van der Waals surface area contributed by atoms with Gasteiger partial charge in [0.1, 0.15) is 11.8 Å². The van der Waals surface area contributed by atoms with Gasteiger partial charge in [-0.25, -0.2) is 0 Å². The van der Waals surface area contributed by atoms with E-state index in [9.17, 15) is 14.4 Å². The molecule has 2 N–H and O–H groups in total. The van der Waals surface area contributed by atoms with Gasteiger partial charge >= 0.3 is 0 Å². The van der Waals surface area contributed by atoms with Crippen molar-refractivity contribution in [2.45, 2.75) is 25.8 Å². The molecular formula is C23H27N3O6. The molecule has 0 unspecified atom stereocenters. The van der Waals surface area contributed by atoms with Crippen LogP contribution < -0.4 is 24.8 Å². The maximum Gasteiger partial charge on any atom is 0.252 e. The number of carbonyl (C=O) groups excluding carboxylic acids is 3. The average molecular weight is 441 g/mol. The van der Waals surface area contributed by atoms with Crippen LogP contribution in [-0.4, -0.2) is 56.5 Å². The minimum atomic E-state index is -0.714. The van der Waals surface area contributed by atoms with Crippen LogP contribution in [-0.2, 0) is 20.8 Å². The highest BCUT2D eigenvalue weighted by Gasteiger charge is 2.38. The minimum Gasteiger partial charge on any atom is -0.495 e. The Kier molecular flexibility index (Phi) is 7.19. The number of carbonyl (C=O) groups is 3. The Hall–Kier alpha value is -3.75. The van der Waals surface area contributed by atoms with Gasteiger partial charge in [0.05, 0.1) is 33.4 Å². The van der Waals surface area contributed by atoms with E-state index in [1.54, 1.807) is 38.5 Å². The number of hydrogen-bond donors (Lipinski definition) is 2. The van der Waals surface area contributed by atoms with Crippen molar-refractivity contribution in [3.8, 4) is 17.2 Å². The van der Waals surface area contributed by atoms with E-state index in [-0.39, 0.29) is 30.7 Å². The first-order chi connectivity index (χ1) is 15.4. The summed E-state index contributed by atoms with van der Waals surface area (Å²) in [7, 11) is 4.63. The van der Waals surface area contributed by atoms with Crippen molar-refractivity contribution in [1.29, 1.82) is 0 Å². The molecule has 1 saturated heterocycles. The van der Waals surface area contributed by atoms with Crippen molar-refractivity contribution < 1.29 is 28.6 Å². The fourth-order valence-corrected chi connectivity index (χ4v) is 3.60. The second kappa shape index (κ2) is 10.0. The van der Waals surface area contributed by atoms with Crippen LogP contribution in [0.5, 0.6) is 17.2 Å². The maximum absolute atomic E-state index is 12.9. The molecule has 2 aromatic rings. The van der Waals surface area contributed by atoms with Gasteiger partial charge in [-0.05, 0) is 42.3 Å². The van der Waals surface area contributed by atoms with Crippen LogP contribution in [0.3, 0.4) is 0 Å². The monoisotopic (exact) mass is 441 g/mol. The van der Waals surface area contributed by atoms with Crippen molar-refractivity contribution in [2.24, 2.45) is 0 Å². The number of rotatable bonds is 9. The van der Waals surface area contributed by atoms with E-state index < -0.39 is 6.04 Å². The minimum absolute atomic E-state index is 0.0400. The summed E-state index contributed by atoms with van der Waals surface area (Å²) in [5.41, 5.74) is 2.00. The third-order valence-electron chi connectivity index (χ3n) is 5.17. The Labute approximate surface area is 186 Å². The van der Waals surface area contributed by atoms with Crippen LogP contribution in [0.25, 0.3) is 0 Å². The number of anilines is 2. The zero-order valence-corrected chi connectivity index (χ0v) is 18.6. The van der Waals surface area contributed by atoms with Crippen molar-refractivity contribution in [3.05, 3.63) is 42.0 Å². The predicted molar refractivity (Wildman–Crippen MR) is 119 cm³/mol. The predicted octanol–water partition coefficient (Wildman–Crippen LogP) is 2.45. The molecule has 1 atom stereocenters. The van der Waals surface area contributed by atoms with Crippen molar-refractivity contribution in [3.63, 3.8) is 0 Å². The normalized spacial score (nSPS) is 15.5. The van der Waals surface area contributed by atoms with Gasteiger partial charge in [-0.3, -0.25) is 19.3 Å². The van der Waals surface area contributed by atoms with E-state index in [2.05, 4.69) is 10.6 Å². The lowest BCUT2D eigenvalue weighted by Gasteiger charge is -2.18. The Bertz CT molecular complexity index is 1020. The highest BCUT2D eigenvalue weighted by Crippen LogP contribution is 2.31. The molecule has 0 spiro atoms. The first-order valence-electron chi connectivity index (χ1n) is 10.1. The zero-order chi connectivity index (χ0) is 23.3. The molecule has 0 aliphatic carbocycles. The van der Waals surface area contributed by atoms with Crippen molar-refractivity contribution in [2.75, 3.05) is 38.5 Å². The third-order valence-corrected chi connectivity index (χ3v) is 5.17. The van der Waals surface area contributed by atoms with Gasteiger partial charge in [0.15, 0.2) is 11.5 Å². The summed E-state index contributed by atoms with van der Waals surface area (Å²) in [5, 5.41) is 5.78. The molecule has 0 bridgehead atoms. The van der Waals surface area contributed by atoms with E-state index in [1.807, 2.05) is 12.1 Å². The summed E-state index contributed by atoms with van der Waals surface area (Å²) in [4.78, 5) is 38.0. The van der Waals surface area contributed by atoms with Crippen LogP contribution in [0.2, 0.25) is 0 Å². The first kappa shape index (κ1) is 22.9. The maximum atomic E-state index is 12.9. The molecule has 1 aliphatic heterocycles. The van der Waals surface area contributed by atoms with Gasteiger partial charge in [-0.2, -0.15) is 0 Å². The number of nitrogens with zero attached hydrogens (tertiary/aromatic N) is 1. The number of benzene rings is 2. The summed E-state index contributed by atoms with van der Waals surface area (Å²) in [6.07, 6.45) is 0.532. The smallest absolute Gasteiger partial charge is 0.252 e. The zero-order valence-electron chi connectivity index (χ0n) is 18.6. The first-order valence-corrected chi connectivity index (χ1v) is 10.1. The van der Waals surface area contributed by atoms with Crippen molar-refractivity contribution >= 4 is 29.1 Å². The molecule has 9 nitrogen and oxygen atoms in total. The number of imide groups is 1. The van der Waals surface area contributed by atoms with E-state index in [0.717, 1.165) is 5.56 Å². The number of amides is 3. The highest BCUT2D eigenvalue weighted by molar-refractivity contribution is 6.07. The van der Waals surface area contributed by atoms with E-state index in [4.69, 9.17) is 14.2 Å². The Balaban J connectivity index is 1.69. The number of hydrogen-bond acceptors (Lipinski definition) is 7. The van der Waals surface area contributed by atoms with Crippen LogP contribution >= 0.6 is 0 Å². The van der Waals surface area contributed by atoms with E-state index in [0.29, 0.717) is 35.0 Å². The number of likely N-dealkylation sites (tertiary alicyclic amines) is 1. The van der Waals surface area contributed by atoms with Gasteiger partial charge in [0.25, 0.3) is 5.91 Å². The molecule has 9 heteroatoms. The van der Waals surface area contributed by atoms with Crippen LogP contribution in [0, 0.1) is 0 Å². The lowest BCUT2D eigenvalue weighted by Crippen LogP contribution is -2.36. The quantitative estimate of drug-likeness (QED) is 0.576. The number of nitrogens with one attached hydrogen (secondary N) is 2. The largest absolute Gasteiger partial charge is 0.495 e. The molecule has 3 amide bonds. The van der Waals surface area contributed by atoms with E-state index in [1.165, 1.54) is 18.9 Å². The third kappa shape index (κ3) is 5.11. The summed E-state index contributed by atoms with van der Waals surface area (Å²) >= 11 is 0. The van der Waals surface area contributed by atoms with Gasteiger partial charge in [0, 0.05) is 19.2 Å². The Morgan fingerprint density at radius 2 is 1.69 bits per heavy atom. The molecular weight excluding hydrogens is 414 g/mol. The molecule has 0 aromatic heterocycles. The van der Waals surface area contributed by atoms with Crippen molar-refractivity contribution in [1.82, 2.24) is 4.90 Å². The second-order valence-corrected chi connectivity index (χ2v) is 7.32. The summed E-state index contributed by atoms with van der Waals surface area (Å²) in [6, 6.07) is 9.84. The summed E-state index contributed by atoms with van der Waals surface area (Å²) in [6.45, 7) is 1.67. The fourth-order valence-electron chi connectivity index (χ4n) is 3.60. The molecule has 1 heterocycles. The highest BCUT2D eigenvalue weighted by atomic mass is 16.5. The number of methoxy groups -OCH3 is 3. The molecule has 1 fully saturated rings. The van der Waals surface area contributed by atoms with E-state index >= 15 is 0 Å². The molecule has 2 aromatic carbocycles. The number of ether oxygens (including phenoxy) is 3. The topological polar surface area (TPSA) is 106 Å². The van der Waals surface area contributed by atoms with Crippen LogP contribution in [0.4, 0.5) is 11.4 Å². The molecule has 3 rings (SSSR count). The Morgan fingerprint density at radius 3 is 2.34 bits per heavy atom. The van der Waals surface area contributed by atoms with Gasteiger partial charge in [-0.1, -0.05) is 6.07 Å². The summed E-state index contributed by atoms with van der Waals surface area (Å²) in [5.74, 6) is 0.948. The average Bonchev–Trinajstić information content (AvgIpc) is 3.04. The second-order valence-electron chi connectivity index (χ2n) is 7.32. The summed E-state index contributed by atoms with van der Waals surface area (Å²) < 4.78 is 15.9. The Morgan fingerprint density at radius 1 is 1.00 bits per heavy atom. The molecule has 170 valence electrons. The van der Waals surface area contributed by atoms with Gasteiger partial charge < -0.3 is 24.8 Å². The SMILES string of the molecule is COc1ccc(NC(C)=O)cc1N[C@@H]1CC(=O)N(CCc2ccc(OC)c(OC)c2)C1=O. The standard InChI is InChI=1S/C23H27N3O6/c1-14(27)24-16-6-8-19(30-2)17(12-16)25-18-13-22(28)26(23(18)29)10-9-15-5-7-20(31-3)21(11-15)32-4/h5-8,11-12,18,25H,9-10,13H2,1-4H3,(H,24,27)/t18-/m1/s1. The van der Waals surface area contributed by atoms with Crippen LogP contribution in [0.1, 0.15) is 18.9 Å².